The standard InChI is InChI=1S/C13H19N3/c1-2-3-8-15-13-11(6-4-10-16-13)12-7-5-9-14-12/h4,6,10H,2-3,5,7-9H2,1H3,(H,15,16). The summed E-state index contributed by atoms with van der Waals surface area (Å²) in [6, 6.07) is 4.10. The number of anilines is 1. The lowest BCUT2D eigenvalue weighted by Gasteiger charge is -2.10. The molecule has 1 N–H and O–H groups in total. The molecule has 0 radical (unpaired) electrons. The van der Waals surface area contributed by atoms with Crippen molar-refractivity contribution >= 4 is 11.5 Å². The number of rotatable bonds is 5. The average Bonchev–Trinajstić information content (AvgIpc) is 2.83. The van der Waals surface area contributed by atoms with E-state index >= 15 is 0 Å². The van der Waals surface area contributed by atoms with Crippen molar-refractivity contribution in [3.05, 3.63) is 23.9 Å². The van der Waals surface area contributed by atoms with Crippen molar-refractivity contribution < 1.29 is 0 Å². The third-order valence-corrected chi connectivity index (χ3v) is 2.82. The van der Waals surface area contributed by atoms with Crippen molar-refractivity contribution in [2.75, 3.05) is 18.4 Å². The van der Waals surface area contributed by atoms with Crippen LogP contribution in [0.25, 0.3) is 0 Å². The predicted octanol–water partition coefficient (Wildman–Crippen LogP) is 2.88. The van der Waals surface area contributed by atoms with Crippen LogP contribution in [0.1, 0.15) is 38.2 Å². The number of nitrogens with one attached hydrogen (secondary N) is 1. The highest BCUT2D eigenvalue weighted by Gasteiger charge is 2.13. The van der Waals surface area contributed by atoms with Crippen LogP contribution in [-0.2, 0) is 0 Å². The second kappa shape index (κ2) is 5.64. The Bertz CT molecular complexity index is 371. The predicted molar refractivity (Wildman–Crippen MR) is 68.3 cm³/mol. The highest BCUT2D eigenvalue weighted by Crippen LogP contribution is 2.19. The van der Waals surface area contributed by atoms with Crippen LogP contribution in [0.3, 0.4) is 0 Å². The Hall–Kier alpha value is -1.38. The van der Waals surface area contributed by atoms with Crippen LogP contribution in [0.5, 0.6) is 0 Å². The monoisotopic (exact) mass is 217 g/mol. The summed E-state index contributed by atoms with van der Waals surface area (Å²) in [5.41, 5.74) is 2.41. The maximum atomic E-state index is 4.53. The normalized spacial score (nSPS) is 14.9. The molecule has 0 aromatic carbocycles. The lowest BCUT2D eigenvalue weighted by molar-refractivity contribution is 0.831. The molecule has 86 valence electrons. The highest BCUT2D eigenvalue weighted by atomic mass is 15.0. The Kier molecular flexibility index (Phi) is 3.91. The molecule has 1 aromatic heterocycles. The Labute approximate surface area is 97.0 Å². The molecule has 0 saturated heterocycles. The summed E-state index contributed by atoms with van der Waals surface area (Å²) in [5.74, 6) is 0.997. The third-order valence-electron chi connectivity index (χ3n) is 2.82. The molecule has 0 bridgehead atoms. The first-order valence-electron chi connectivity index (χ1n) is 6.14. The molecule has 0 saturated carbocycles. The molecule has 1 aromatic rings. The van der Waals surface area contributed by atoms with E-state index in [1.165, 1.54) is 30.5 Å². The van der Waals surface area contributed by atoms with Gasteiger partial charge in [0.2, 0.25) is 0 Å². The number of nitrogens with zero attached hydrogens (tertiary/aromatic N) is 2. The van der Waals surface area contributed by atoms with Gasteiger partial charge in [0.25, 0.3) is 0 Å². The molecule has 2 rings (SSSR count). The van der Waals surface area contributed by atoms with Crippen LogP contribution in [0.15, 0.2) is 23.3 Å². The molecule has 0 spiro atoms. The maximum Gasteiger partial charge on any atom is 0.135 e. The molecule has 0 amide bonds. The summed E-state index contributed by atoms with van der Waals surface area (Å²) in [7, 11) is 0. The van der Waals surface area contributed by atoms with E-state index in [1.54, 1.807) is 0 Å². The summed E-state index contributed by atoms with van der Waals surface area (Å²) in [4.78, 5) is 8.93. The first-order valence-corrected chi connectivity index (χ1v) is 6.14. The second-order valence-corrected chi connectivity index (χ2v) is 4.11. The molecule has 0 atom stereocenters. The number of aromatic nitrogens is 1. The zero-order valence-corrected chi connectivity index (χ0v) is 9.87. The molecule has 0 aliphatic carbocycles. The highest BCUT2D eigenvalue weighted by molar-refractivity contribution is 6.05. The van der Waals surface area contributed by atoms with E-state index in [9.17, 15) is 0 Å². The smallest absolute Gasteiger partial charge is 0.135 e. The van der Waals surface area contributed by atoms with E-state index in [1.807, 2.05) is 12.3 Å². The van der Waals surface area contributed by atoms with Crippen molar-refractivity contribution in [2.24, 2.45) is 4.99 Å². The van der Waals surface area contributed by atoms with Crippen molar-refractivity contribution in [2.45, 2.75) is 32.6 Å². The fourth-order valence-corrected chi connectivity index (χ4v) is 1.92. The minimum atomic E-state index is 0.971. The van der Waals surface area contributed by atoms with Gasteiger partial charge in [-0.15, -0.1) is 0 Å². The molecular weight excluding hydrogens is 198 g/mol. The fourth-order valence-electron chi connectivity index (χ4n) is 1.92. The van der Waals surface area contributed by atoms with Gasteiger partial charge >= 0.3 is 0 Å². The van der Waals surface area contributed by atoms with Gasteiger partial charge in [0.1, 0.15) is 5.82 Å². The molecule has 2 heterocycles. The van der Waals surface area contributed by atoms with E-state index in [4.69, 9.17) is 0 Å². The summed E-state index contributed by atoms with van der Waals surface area (Å²) < 4.78 is 0. The first-order chi connectivity index (χ1) is 7.92. The number of unbranched alkanes of at least 4 members (excludes halogenated alkanes) is 1. The van der Waals surface area contributed by atoms with E-state index in [2.05, 4.69) is 28.3 Å². The molecule has 3 nitrogen and oxygen atoms in total. The van der Waals surface area contributed by atoms with Crippen LogP contribution in [0, 0.1) is 0 Å². The fraction of sp³-hybridized carbons (Fsp3) is 0.538. The molecule has 1 aliphatic heterocycles. The third kappa shape index (κ3) is 2.60. The van der Waals surface area contributed by atoms with Gasteiger partial charge in [-0.05, 0) is 31.4 Å². The van der Waals surface area contributed by atoms with Crippen LogP contribution in [0.4, 0.5) is 5.82 Å². The summed E-state index contributed by atoms with van der Waals surface area (Å²) in [6.07, 6.45) is 6.50. The largest absolute Gasteiger partial charge is 0.370 e. The molecule has 16 heavy (non-hydrogen) atoms. The number of aliphatic imine (C=N–C) groups is 1. The zero-order chi connectivity index (χ0) is 11.2. The Morgan fingerprint density at radius 3 is 3.12 bits per heavy atom. The SMILES string of the molecule is CCCCNc1ncccc1C1=NCCC1. The van der Waals surface area contributed by atoms with E-state index in [-0.39, 0.29) is 0 Å². The zero-order valence-electron chi connectivity index (χ0n) is 9.87. The van der Waals surface area contributed by atoms with Gasteiger partial charge in [-0.1, -0.05) is 13.3 Å². The average molecular weight is 217 g/mol. The quantitative estimate of drug-likeness (QED) is 0.770. The van der Waals surface area contributed by atoms with Gasteiger partial charge in [0.05, 0.1) is 0 Å². The van der Waals surface area contributed by atoms with Crippen LogP contribution >= 0.6 is 0 Å². The minimum Gasteiger partial charge on any atom is -0.370 e. The van der Waals surface area contributed by atoms with Gasteiger partial charge in [-0.2, -0.15) is 0 Å². The molecular formula is C13H19N3. The molecule has 1 aliphatic rings. The van der Waals surface area contributed by atoms with Crippen molar-refractivity contribution in [3.8, 4) is 0 Å². The lowest BCUT2D eigenvalue weighted by Crippen LogP contribution is -2.08. The van der Waals surface area contributed by atoms with E-state index < -0.39 is 0 Å². The first kappa shape index (κ1) is 11.1. The number of pyridine rings is 1. The lowest BCUT2D eigenvalue weighted by atomic mass is 10.1. The minimum absolute atomic E-state index is 0.971. The summed E-state index contributed by atoms with van der Waals surface area (Å²) >= 11 is 0. The van der Waals surface area contributed by atoms with Gasteiger partial charge in [-0.3, -0.25) is 4.99 Å². The Morgan fingerprint density at radius 2 is 2.38 bits per heavy atom. The molecule has 3 heteroatoms. The van der Waals surface area contributed by atoms with Gasteiger partial charge in [0, 0.05) is 30.6 Å². The topological polar surface area (TPSA) is 37.3 Å². The van der Waals surface area contributed by atoms with E-state index in [0.29, 0.717) is 0 Å². The van der Waals surface area contributed by atoms with Crippen LogP contribution < -0.4 is 5.32 Å². The van der Waals surface area contributed by atoms with Crippen molar-refractivity contribution in [1.82, 2.24) is 4.98 Å². The molecule has 0 fully saturated rings. The van der Waals surface area contributed by atoms with Gasteiger partial charge < -0.3 is 5.32 Å². The van der Waals surface area contributed by atoms with Gasteiger partial charge in [0.15, 0.2) is 0 Å². The van der Waals surface area contributed by atoms with Crippen LogP contribution in [-0.4, -0.2) is 23.8 Å². The van der Waals surface area contributed by atoms with E-state index in [0.717, 1.165) is 25.3 Å². The summed E-state index contributed by atoms with van der Waals surface area (Å²) in [5, 5.41) is 3.40. The number of hydrogen-bond acceptors (Lipinski definition) is 3. The van der Waals surface area contributed by atoms with Crippen molar-refractivity contribution in [1.29, 1.82) is 0 Å². The summed E-state index contributed by atoms with van der Waals surface area (Å²) in [6.45, 7) is 4.16. The molecule has 0 unspecified atom stereocenters. The second-order valence-electron chi connectivity index (χ2n) is 4.11. The Balaban J connectivity index is 2.10. The van der Waals surface area contributed by atoms with Crippen LogP contribution in [0.2, 0.25) is 0 Å². The Morgan fingerprint density at radius 1 is 1.44 bits per heavy atom. The van der Waals surface area contributed by atoms with Gasteiger partial charge in [-0.25, -0.2) is 4.98 Å². The number of hydrogen-bond donors (Lipinski definition) is 1. The maximum absolute atomic E-state index is 4.53. The van der Waals surface area contributed by atoms with Crippen molar-refractivity contribution in [3.63, 3.8) is 0 Å².